The zero-order valence-electron chi connectivity index (χ0n) is 18.2. The second kappa shape index (κ2) is 9.63. The first-order valence-electron chi connectivity index (χ1n) is 10.3. The van der Waals surface area contributed by atoms with Crippen LogP contribution in [0, 0.1) is 0 Å². The number of nitrogens with zero attached hydrogens (tertiary/aromatic N) is 4. The second-order valence-corrected chi connectivity index (χ2v) is 8.69. The van der Waals surface area contributed by atoms with Crippen molar-refractivity contribution in [2.75, 3.05) is 18.6 Å². The summed E-state index contributed by atoms with van der Waals surface area (Å²) in [6.45, 7) is 0.608. The van der Waals surface area contributed by atoms with Crippen LogP contribution in [0.15, 0.2) is 68.7 Å². The van der Waals surface area contributed by atoms with Crippen LogP contribution in [0.2, 0.25) is 0 Å². The van der Waals surface area contributed by atoms with Gasteiger partial charge in [-0.25, -0.2) is 4.79 Å². The fourth-order valence-corrected chi connectivity index (χ4v) is 3.87. The highest BCUT2D eigenvalue weighted by atomic mass is 79.9. The number of benzene rings is 2. The number of H-pyrrole nitrogens is 1. The molecule has 1 unspecified atom stereocenters. The Morgan fingerprint density at radius 2 is 1.85 bits per heavy atom. The molecule has 2 heterocycles. The lowest BCUT2D eigenvalue weighted by Gasteiger charge is -2.21. The number of ether oxygens (including phenoxy) is 1. The van der Waals surface area contributed by atoms with E-state index in [0.29, 0.717) is 18.2 Å². The van der Waals surface area contributed by atoms with E-state index in [1.165, 1.54) is 4.57 Å². The van der Waals surface area contributed by atoms with E-state index in [1.807, 2.05) is 54.4 Å². The van der Waals surface area contributed by atoms with Crippen molar-refractivity contribution >= 4 is 33.0 Å². The summed E-state index contributed by atoms with van der Waals surface area (Å²) in [6.07, 6.45) is -0.924. The predicted octanol–water partition coefficient (Wildman–Crippen LogP) is 2.26. The molecule has 33 heavy (non-hydrogen) atoms. The van der Waals surface area contributed by atoms with E-state index < -0.39 is 17.4 Å². The average molecular weight is 514 g/mol. The van der Waals surface area contributed by atoms with Crippen molar-refractivity contribution in [3.05, 3.63) is 85.5 Å². The number of imidazole rings is 1. The fourth-order valence-electron chi connectivity index (χ4n) is 3.60. The number of hydrogen-bond acceptors (Lipinski definition) is 6. The van der Waals surface area contributed by atoms with Gasteiger partial charge in [-0.2, -0.15) is 4.98 Å². The van der Waals surface area contributed by atoms with Crippen LogP contribution in [0.5, 0.6) is 5.75 Å². The van der Waals surface area contributed by atoms with E-state index in [-0.39, 0.29) is 24.3 Å². The normalized spacial score (nSPS) is 12.1. The van der Waals surface area contributed by atoms with E-state index in [1.54, 1.807) is 23.7 Å². The van der Waals surface area contributed by atoms with Gasteiger partial charge in [-0.15, -0.1) is 0 Å². The summed E-state index contributed by atoms with van der Waals surface area (Å²) in [5.41, 5.74) is 0.421. The first-order chi connectivity index (χ1) is 15.8. The molecule has 2 aromatic heterocycles. The summed E-state index contributed by atoms with van der Waals surface area (Å²) in [7, 11) is 3.40. The molecule has 0 aliphatic carbocycles. The molecule has 1 atom stereocenters. The molecule has 4 aromatic rings. The third-order valence-corrected chi connectivity index (χ3v) is 5.77. The maximum absolute atomic E-state index is 12.7. The van der Waals surface area contributed by atoms with Crippen molar-refractivity contribution in [1.29, 1.82) is 0 Å². The lowest BCUT2D eigenvalue weighted by atomic mass is 10.2. The monoisotopic (exact) mass is 513 g/mol. The smallest absolute Gasteiger partial charge is 0.329 e. The van der Waals surface area contributed by atoms with Crippen molar-refractivity contribution in [3.8, 4) is 5.75 Å². The summed E-state index contributed by atoms with van der Waals surface area (Å²) < 4.78 is 9.54. The van der Waals surface area contributed by atoms with Crippen LogP contribution >= 0.6 is 15.9 Å². The molecule has 0 spiro atoms. The van der Waals surface area contributed by atoms with E-state index in [4.69, 9.17) is 4.74 Å². The third-order valence-electron chi connectivity index (χ3n) is 5.24. The molecule has 0 saturated carbocycles. The number of fused-ring (bicyclic) bond motifs is 1. The molecule has 0 fully saturated rings. The van der Waals surface area contributed by atoms with Gasteiger partial charge in [0, 0.05) is 25.1 Å². The number of nitrogens with one attached hydrogen (secondary N) is 1. The Balaban J connectivity index is 1.66. The van der Waals surface area contributed by atoms with E-state index in [0.717, 1.165) is 10.0 Å². The van der Waals surface area contributed by atoms with Crippen LogP contribution in [0.25, 0.3) is 11.2 Å². The number of halogens is 1. The second-order valence-electron chi connectivity index (χ2n) is 7.77. The molecule has 10 heteroatoms. The SMILES string of the molecule is CN(Cc1ccccc1)c1nc2c(c(=O)[nH]c(=O)n2C)n1CC(O)COc1ccc(Br)cc1. The number of hydrogen-bond donors (Lipinski definition) is 2. The lowest BCUT2D eigenvalue weighted by Crippen LogP contribution is -2.31. The highest BCUT2D eigenvalue weighted by Crippen LogP contribution is 2.21. The Hall–Kier alpha value is -3.37. The Kier molecular flexibility index (Phi) is 6.66. The molecular weight excluding hydrogens is 490 g/mol. The third kappa shape index (κ3) is 5.01. The standard InChI is InChI=1S/C23H24BrN5O4/c1-27(12-15-6-4-3-5-7-15)22-25-20-19(21(31)26-23(32)28(20)2)29(22)13-17(30)14-33-18-10-8-16(24)9-11-18/h3-11,17,30H,12-14H2,1-2H3,(H,26,31,32). The van der Waals surface area contributed by atoms with Gasteiger partial charge in [0.15, 0.2) is 11.2 Å². The maximum Gasteiger partial charge on any atom is 0.329 e. The molecule has 0 aliphatic heterocycles. The molecular formula is C23H24BrN5O4. The van der Waals surface area contributed by atoms with Crippen molar-refractivity contribution < 1.29 is 9.84 Å². The van der Waals surface area contributed by atoms with Gasteiger partial charge in [0.25, 0.3) is 5.56 Å². The van der Waals surface area contributed by atoms with Gasteiger partial charge in [-0.1, -0.05) is 46.3 Å². The minimum Gasteiger partial charge on any atom is -0.491 e. The van der Waals surface area contributed by atoms with E-state index in [9.17, 15) is 14.7 Å². The number of aryl methyl sites for hydroxylation is 1. The minimum absolute atomic E-state index is 0.0206. The van der Waals surface area contributed by atoms with Crippen LogP contribution in [-0.4, -0.2) is 44.0 Å². The summed E-state index contributed by atoms with van der Waals surface area (Å²) in [5, 5.41) is 10.7. The first-order valence-corrected chi connectivity index (χ1v) is 11.1. The zero-order valence-corrected chi connectivity index (χ0v) is 19.8. The molecule has 2 aromatic carbocycles. The van der Waals surface area contributed by atoms with Gasteiger partial charge in [-0.05, 0) is 29.8 Å². The maximum atomic E-state index is 12.7. The Labute approximate surface area is 198 Å². The quantitative estimate of drug-likeness (QED) is 0.374. The Morgan fingerprint density at radius 1 is 1.15 bits per heavy atom. The van der Waals surface area contributed by atoms with Gasteiger partial charge in [0.05, 0.1) is 6.54 Å². The van der Waals surface area contributed by atoms with Gasteiger partial charge in [0.2, 0.25) is 5.95 Å². The molecule has 0 bridgehead atoms. The number of aliphatic hydroxyl groups excluding tert-OH is 1. The van der Waals surface area contributed by atoms with Gasteiger partial charge in [0.1, 0.15) is 18.5 Å². The molecule has 0 radical (unpaired) electrons. The topological polar surface area (TPSA) is 105 Å². The highest BCUT2D eigenvalue weighted by molar-refractivity contribution is 9.10. The lowest BCUT2D eigenvalue weighted by molar-refractivity contribution is 0.0936. The Morgan fingerprint density at radius 3 is 2.55 bits per heavy atom. The van der Waals surface area contributed by atoms with Crippen LogP contribution in [0.4, 0.5) is 5.95 Å². The minimum atomic E-state index is -0.924. The zero-order chi connectivity index (χ0) is 23.5. The highest BCUT2D eigenvalue weighted by Gasteiger charge is 2.22. The summed E-state index contributed by atoms with van der Waals surface area (Å²) in [6, 6.07) is 17.1. The van der Waals surface area contributed by atoms with Crippen LogP contribution in [0.1, 0.15) is 5.56 Å². The molecule has 172 valence electrons. The first kappa shape index (κ1) is 22.8. The molecule has 4 rings (SSSR count). The van der Waals surface area contributed by atoms with Crippen molar-refractivity contribution in [2.24, 2.45) is 7.05 Å². The van der Waals surface area contributed by atoms with Crippen molar-refractivity contribution in [1.82, 2.24) is 19.1 Å². The Bertz CT molecular complexity index is 1360. The summed E-state index contributed by atoms with van der Waals surface area (Å²) >= 11 is 3.37. The number of anilines is 1. The molecule has 9 nitrogen and oxygen atoms in total. The fraction of sp³-hybridized carbons (Fsp3) is 0.261. The summed E-state index contributed by atoms with van der Waals surface area (Å²) in [4.78, 5) is 33.6. The van der Waals surface area contributed by atoms with Gasteiger partial charge >= 0.3 is 5.69 Å². The van der Waals surface area contributed by atoms with Gasteiger partial charge in [-0.3, -0.25) is 14.3 Å². The van der Waals surface area contributed by atoms with Crippen LogP contribution in [0.3, 0.4) is 0 Å². The largest absolute Gasteiger partial charge is 0.491 e. The number of aromatic amines is 1. The average Bonchev–Trinajstić information content (AvgIpc) is 3.18. The molecule has 0 saturated heterocycles. The van der Waals surface area contributed by atoms with Gasteiger partial charge < -0.3 is 19.3 Å². The number of rotatable bonds is 8. The van der Waals surface area contributed by atoms with Crippen molar-refractivity contribution in [3.63, 3.8) is 0 Å². The number of aromatic nitrogens is 4. The van der Waals surface area contributed by atoms with E-state index >= 15 is 0 Å². The number of aliphatic hydroxyl groups is 1. The van der Waals surface area contributed by atoms with Crippen molar-refractivity contribution in [2.45, 2.75) is 19.2 Å². The molecule has 2 N–H and O–H groups in total. The molecule has 0 amide bonds. The summed E-state index contributed by atoms with van der Waals surface area (Å²) in [5.74, 6) is 1.08. The predicted molar refractivity (Wildman–Crippen MR) is 130 cm³/mol. The molecule has 0 aliphatic rings. The van der Waals surface area contributed by atoms with Crippen LogP contribution in [-0.2, 0) is 20.1 Å². The van der Waals surface area contributed by atoms with Crippen LogP contribution < -0.4 is 20.9 Å². The van der Waals surface area contributed by atoms with E-state index in [2.05, 4.69) is 25.9 Å².